The van der Waals surface area contributed by atoms with E-state index in [4.69, 9.17) is 13.6 Å². The third-order valence-electron chi connectivity index (χ3n) is 0.910. The maximum atomic E-state index is 8.86. The molecule has 0 unspecified atom stereocenters. The Bertz CT molecular complexity index is 259. The molecule has 48 valence electrons. The van der Waals surface area contributed by atoms with Gasteiger partial charge in [0.1, 0.15) is 5.82 Å². The molecule has 0 aliphatic carbocycles. The van der Waals surface area contributed by atoms with Gasteiger partial charge in [0.15, 0.2) is 0 Å². The van der Waals surface area contributed by atoms with Gasteiger partial charge in [0.05, 0.1) is 9.30 Å². The number of nitrogens with two attached hydrogens (primary N) is 1. The molecule has 1 aromatic heterocycles. The molecule has 1 rings (SSSR count). The van der Waals surface area contributed by atoms with E-state index in [0.717, 1.165) is 0 Å². The first-order chi connectivity index (χ1) is 5.00. The average Bonchev–Trinajstić information content (AvgIpc) is 1.86. The summed E-state index contributed by atoms with van der Waals surface area (Å²) in [6.07, 6.45) is 1.35. The molecule has 0 saturated carbocycles. The van der Waals surface area contributed by atoms with Crippen LogP contribution in [0.1, 0.15) is 8.30 Å². The molecule has 0 saturated heterocycles. The lowest BCUT2D eigenvalue weighted by molar-refractivity contribution is 0.282. The number of hydrogen-bond acceptors (Lipinski definition) is 3. The van der Waals surface area contributed by atoms with Crippen LogP contribution in [0, 0.1) is 0 Å². The highest BCUT2D eigenvalue weighted by atomic mass is 16.3. The molecule has 0 bridgehead atoms. The van der Waals surface area contributed by atoms with Crippen molar-refractivity contribution < 1.29 is 7.85 Å². The summed E-state index contributed by atoms with van der Waals surface area (Å²) < 4.78 is 13.8. The molecule has 3 heteroatoms. The number of pyridine rings is 1. The molecule has 1 aromatic rings. The Balaban J connectivity index is 3.06. The predicted molar refractivity (Wildman–Crippen MR) is 34.6 cm³/mol. The van der Waals surface area contributed by atoms with Gasteiger partial charge in [-0.25, -0.2) is 4.98 Å². The average molecular weight is 126 g/mol. The fraction of sp³-hybridized carbons (Fsp3) is 0.167. The Morgan fingerprint density at radius 1 is 1.89 bits per heavy atom. The predicted octanol–water partition coefficient (Wildman–Crippen LogP) is 0.156. The summed E-state index contributed by atoms with van der Waals surface area (Å²) in [5, 5.41) is 8.86. The summed E-state index contributed by atoms with van der Waals surface area (Å²) in [6.45, 7) is -2.34. The number of anilines is 1. The van der Waals surface area contributed by atoms with Gasteiger partial charge in [-0.15, -0.1) is 0 Å². The van der Waals surface area contributed by atoms with Gasteiger partial charge in [0, 0.05) is 6.20 Å². The van der Waals surface area contributed by atoms with Gasteiger partial charge in [-0.05, 0) is 17.7 Å². The zero-order chi connectivity index (χ0) is 8.48. The van der Waals surface area contributed by atoms with Crippen LogP contribution in [0.15, 0.2) is 18.3 Å². The van der Waals surface area contributed by atoms with Crippen LogP contribution < -0.4 is 5.73 Å². The van der Waals surface area contributed by atoms with Crippen molar-refractivity contribution in [2.45, 2.75) is 6.56 Å². The number of hydrogen-bond donors (Lipinski definition) is 2. The van der Waals surface area contributed by atoms with E-state index in [-0.39, 0.29) is 11.4 Å². The van der Waals surface area contributed by atoms with Crippen LogP contribution in [-0.4, -0.2) is 10.1 Å². The van der Waals surface area contributed by atoms with E-state index in [0.29, 0.717) is 0 Å². The minimum Gasteiger partial charge on any atom is -0.392 e. The highest BCUT2D eigenvalue weighted by Crippen LogP contribution is 2.00. The van der Waals surface area contributed by atoms with Crippen LogP contribution in [-0.2, 0) is 6.56 Å². The van der Waals surface area contributed by atoms with E-state index >= 15 is 0 Å². The quantitative estimate of drug-likeness (QED) is 0.563. The first-order valence-electron chi connectivity index (χ1n) is 3.44. The topological polar surface area (TPSA) is 59.1 Å². The van der Waals surface area contributed by atoms with Gasteiger partial charge < -0.3 is 10.8 Å². The van der Waals surface area contributed by atoms with Crippen LogP contribution >= 0.6 is 0 Å². The zero-order valence-corrected chi connectivity index (χ0v) is 4.70. The van der Waals surface area contributed by atoms with Crippen molar-refractivity contribution in [2.75, 3.05) is 5.73 Å². The molecular formula is C6H8N2O. The van der Waals surface area contributed by atoms with Crippen molar-refractivity contribution in [3.8, 4) is 0 Å². The molecule has 0 atom stereocenters. The molecule has 9 heavy (non-hydrogen) atoms. The Hall–Kier alpha value is -1.09. The summed E-state index contributed by atoms with van der Waals surface area (Å²) in [7, 11) is 0. The molecule has 0 amide bonds. The van der Waals surface area contributed by atoms with Crippen molar-refractivity contribution in [2.24, 2.45) is 0 Å². The lowest BCUT2D eigenvalue weighted by Crippen LogP contribution is -1.91. The minimum absolute atomic E-state index is 0.116. The van der Waals surface area contributed by atoms with Gasteiger partial charge in [-0.3, -0.25) is 0 Å². The Morgan fingerprint density at radius 3 is 3.11 bits per heavy atom. The number of aliphatic hydroxyl groups is 1. The second-order valence-corrected chi connectivity index (χ2v) is 1.58. The largest absolute Gasteiger partial charge is 0.392 e. The summed E-state index contributed by atoms with van der Waals surface area (Å²) in [5.41, 5.74) is 5.38. The second-order valence-electron chi connectivity index (χ2n) is 1.58. The lowest BCUT2D eigenvalue weighted by Gasteiger charge is -1.94. The molecule has 1 heterocycles. The molecule has 0 spiro atoms. The Labute approximate surface area is 56.0 Å². The monoisotopic (exact) mass is 126 g/mol. The van der Waals surface area contributed by atoms with Crippen molar-refractivity contribution >= 4 is 5.82 Å². The van der Waals surface area contributed by atoms with Gasteiger partial charge in [-0.2, -0.15) is 0 Å². The van der Waals surface area contributed by atoms with Crippen LogP contribution in [0.4, 0.5) is 5.82 Å². The van der Waals surface area contributed by atoms with Crippen LogP contribution in [0.3, 0.4) is 0 Å². The number of rotatable bonds is 1. The van der Waals surface area contributed by atoms with E-state index in [1.54, 1.807) is 0 Å². The number of aromatic nitrogens is 1. The maximum Gasteiger partial charge on any atom is 0.123 e. The van der Waals surface area contributed by atoms with Crippen molar-refractivity contribution in [1.29, 1.82) is 0 Å². The molecule has 3 nitrogen and oxygen atoms in total. The Kier molecular flexibility index (Phi) is 1.05. The molecule has 0 aromatic carbocycles. The van der Waals surface area contributed by atoms with Crippen LogP contribution in [0.25, 0.3) is 0 Å². The fourth-order valence-electron chi connectivity index (χ4n) is 0.518. The molecule has 0 aliphatic rings. The minimum atomic E-state index is -2.34. The summed E-state index contributed by atoms with van der Waals surface area (Å²) in [6, 6.07) is 2.66. The van der Waals surface area contributed by atoms with Gasteiger partial charge in [-0.1, -0.05) is 0 Å². The van der Waals surface area contributed by atoms with Crippen LogP contribution in [0.2, 0.25) is 0 Å². The van der Waals surface area contributed by atoms with E-state index in [1.807, 2.05) is 0 Å². The van der Waals surface area contributed by atoms with E-state index in [2.05, 4.69) is 4.98 Å². The first-order valence-corrected chi connectivity index (χ1v) is 2.44. The molecule has 3 N–H and O–H groups in total. The highest BCUT2D eigenvalue weighted by Gasteiger charge is 1.88. The van der Waals surface area contributed by atoms with Crippen molar-refractivity contribution in [1.82, 2.24) is 4.98 Å². The fourth-order valence-corrected chi connectivity index (χ4v) is 0.518. The second kappa shape index (κ2) is 2.46. The van der Waals surface area contributed by atoms with Crippen molar-refractivity contribution in [3.63, 3.8) is 0 Å². The van der Waals surface area contributed by atoms with E-state index in [9.17, 15) is 0 Å². The van der Waals surface area contributed by atoms with Gasteiger partial charge >= 0.3 is 0 Å². The Morgan fingerprint density at radius 2 is 2.67 bits per heavy atom. The summed E-state index contributed by atoms with van der Waals surface area (Å²) in [4.78, 5) is 3.65. The molecule has 0 radical (unpaired) electrons. The summed E-state index contributed by atoms with van der Waals surface area (Å²) >= 11 is 0. The number of nitrogens with zero attached hydrogens (tertiary/aromatic N) is 1. The highest BCUT2D eigenvalue weighted by molar-refractivity contribution is 5.31. The van der Waals surface area contributed by atoms with E-state index in [1.165, 1.54) is 18.3 Å². The first kappa shape index (κ1) is 3.85. The normalized spacial score (nSPS) is 14.3. The molecular weight excluding hydrogens is 116 g/mol. The number of nitrogen functional groups attached to an aromatic ring is 1. The zero-order valence-electron chi connectivity index (χ0n) is 6.70. The standard InChI is InChI=1S/C6H8N2O/c7-6-3-5(4-9)1-2-8-6/h1-3,9H,4H2,(H2,7,8)/i4D2. The third-order valence-corrected chi connectivity index (χ3v) is 0.910. The molecule has 0 fully saturated rings. The third kappa shape index (κ3) is 1.40. The van der Waals surface area contributed by atoms with Crippen molar-refractivity contribution in [3.05, 3.63) is 23.9 Å². The lowest BCUT2D eigenvalue weighted by atomic mass is 10.3. The van der Waals surface area contributed by atoms with Gasteiger partial charge in [0.2, 0.25) is 0 Å². The maximum absolute atomic E-state index is 8.86. The molecule has 0 aliphatic heterocycles. The van der Waals surface area contributed by atoms with Crippen LogP contribution in [0.5, 0.6) is 0 Å². The van der Waals surface area contributed by atoms with E-state index < -0.39 is 6.56 Å². The smallest absolute Gasteiger partial charge is 0.123 e. The SMILES string of the molecule is [2H]C([2H])(O)c1ccnc(N)c1. The van der Waals surface area contributed by atoms with Gasteiger partial charge in [0.25, 0.3) is 0 Å². The summed E-state index contributed by atoms with van der Waals surface area (Å²) in [5.74, 6) is 0.195.